The molecule has 0 saturated carbocycles. The Hall–Kier alpha value is -2.55. The normalized spacial score (nSPS) is 24.2. The van der Waals surface area contributed by atoms with Crippen LogP contribution in [0.5, 0.6) is 0 Å². The van der Waals surface area contributed by atoms with Gasteiger partial charge in [-0.3, -0.25) is 19.7 Å². The van der Waals surface area contributed by atoms with E-state index in [-0.39, 0.29) is 23.3 Å². The first-order valence-corrected chi connectivity index (χ1v) is 8.55. The van der Waals surface area contributed by atoms with Gasteiger partial charge in [-0.2, -0.15) is 0 Å². The average Bonchev–Trinajstić information content (AvgIpc) is 2.58. The van der Waals surface area contributed by atoms with Gasteiger partial charge in [0, 0.05) is 30.8 Å². The van der Waals surface area contributed by atoms with E-state index >= 15 is 0 Å². The lowest BCUT2D eigenvalue weighted by Crippen LogP contribution is -2.71. The van der Waals surface area contributed by atoms with Crippen molar-refractivity contribution in [3.63, 3.8) is 0 Å². The first-order chi connectivity index (χ1) is 11.9. The fourth-order valence-electron chi connectivity index (χ4n) is 4.28. The Labute approximate surface area is 148 Å². The van der Waals surface area contributed by atoms with Crippen LogP contribution in [0.2, 0.25) is 0 Å². The van der Waals surface area contributed by atoms with E-state index in [2.05, 4.69) is 15.5 Å². The van der Waals surface area contributed by atoms with Gasteiger partial charge >= 0.3 is 0 Å². The van der Waals surface area contributed by atoms with Crippen LogP contribution in [0.4, 0.5) is 11.4 Å². The molecule has 2 amide bonds. The number of benzene rings is 1. The van der Waals surface area contributed by atoms with Gasteiger partial charge < -0.3 is 15.5 Å². The van der Waals surface area contributed by atoms with Crippen LogP contribution >= 0.6 is 12.2 Å². The van der Waals surface area contributed by atoms with Crippen LogP contribution in [0.25, 0.3) is 0 Å². The van der Waals surface area contributed by atoms with Crippen molar-refractivity contribution in [2.24, 2.45) is 5.41 Å². The number of piperidine rings is 1. The number of thiocarbonyl (C=S) groups is 1. The number of carbonyl (C=O) groups excluding carboxylic acids is 2. The summed E-state index contributed by atoms with van der Waals surface area (Å²) in [6, 6.07) is 4.38. The fourth-order valence-corrected chi connectivity index (χ4v) is 4.47. The standard InChI is InChI=1S/C16H16N4O4S/c21-13-16(14(22)18-15(25)17-13)8-9-7-10(20(23)24)4-5-11(9)19-6-2-1-3-12(16)19/h4-5,7,12H,1-3,6,8H2,(H2,17,18,21,22,25)/t12-/m1/s1. The number of nitrogens with zero attached hydrogens (tertiary/aromatic N) is 2. The minimum Gasteiger partial charge on any atom is -0.367 e. The molecule has 2 fully saturated rings. The summed E-state index contributed by atoms with van der Waals surface area (Å²) in [6.45, 7) is 0.711. The second-order valence-corrected chi connectivity index (χ2v) is 7.07. The maximum atomic E-state index is 12.9. The lowest BCUT2D eigenvalue weighted by molar-refractivity contribution is -0.384. The Morgan fingerprint density at radius 3 is 2.64 bits per heavy atom. The van der Waals surface area contributed by atoms with Crippen LogP contribution < -0.4 is 15.5 Å². The summed E-state index contributed by atoms with van der Waals surface area (Å²) in [4.78, 5) is 38.4. The Morgan fingerprint density at radius 2 is 1.96 bits per heavy atom. The summed E-state index contributed by atoms with van der Waals surface area (Å²) in [6.07, 6.45) is 2.72. The molecular formula is C16H16N4O4S. The summed E-state index contributed by atoms with van der Waals surface area (Å²) < 4.78 is 0. The van der Waals surface area contributed by atoms with Crippen LogP contribution in [0, 0.1) is 15.5 Å². The Balaban J connectivity index is 1.88. The van der Waals surface area contributed by atoms with Gasteiger partial charge in [0.2, 0.25) is 11.8 Å². The van der Waals surface area contributed by atoms with Crippen molar-refractivity contribution in [2.75, 3.05) is 11.4 Å². The van der Waals surface area contributed by atoms with Crippen molar-refractivity contribution < 1.29 is 14.5 Å². The van der Waals surface area contributed by atoms with Crippen molar-refractivity contribution in [1.82, 2.24) is 10.6 Å². The van der Waals surface area contributed by atoms with Crippen molar-refractivity contribution in [2.45, 2.75) is 31.7 Å². The summed E-state index contributed by atoms with van der Waals surface area (Å²) in [5.41, 5.74) is 0.155. The van der Waals surface area contributed by atoms with Crippen LogP contribution in [-0.2, 0) is 16.0 Å². The summed E-state index contributed by atoms with van der Waals surface area (Å²) in [5.74, 6) is -0.842. The number of nitro benzene ring substituents is 1. The molecule has 1 aromatic rings. The average molecular weight is 360 g/mol. The highest BCUT2D eigenvalue weighted by atomic mass is 32.1. The van der Waals surface area contributed by atoms with Gasteiger partial charge in [0.25, 0.3) is 5.69 Å². The summed E-state index contributed by atoms with van der Waals surface area (Å²) >= 11 is 4.93. The predicted octanol–water partition coefficient (Wildman–Crippen LogP) is 1.03. The number of carbonyl (C=O) groups is 2. The zero-order valence-electron chi connectivity index (χ0n) is 13.3. The molecule has 8 nitrogen and oxygen atoms in total. The van der Waals surface area contributed by atoms with Crippen LogP contribution in [-0.4, -0.2) is 34.4 Å². The van der Waals surface area contributed by atoms with Gasteiger partial charge in [-0.25, -0.2) is 0 Å². The zero-order chi connectivity index (χ0) is 17.8. The molecule has 1 atom stereocenters. The van der Waals surface area contributed by atoms with Crippen molar-refractivity contribution >= 4 is 40.5 Å². The number of nitro groups is 1. The number of rotatable bonds is 1. The van der Waals surface area contributed by atoms with E-state index in [4.69, 9.17) is 12.2 Å². The molecule has 0 radical (unpaired) electrons. The van der Waals surface area contributed by atoms with Crippen molar-refractivity contribution in [1.29, 1.82) is 0 Å². The fraction of sp³-hybridized carbons (Fsp3) is 0.438. The molecule has 2 saturated heterocycles. The maximum Gasteiger partial charge on any atom is 0.269 e. The molecule has 3 aliphatic rings. The highest BCUT2D eigenvalue weighted by molar-refractivity contribution is 7.80. The maximum absolute atomic E-state index is 12.9. The van der Waals surface area contributed by atoms with Gasteiger partial charge in [0.05, 0.1) is 11.0 Å². The third kappa shape index (κ3) is 2.22. The number of hydrogen-bond acceptors (Lipinski definition) is 6. The SMILES string of the molecule is O=C1NC(=S)NC(=O)C12Cc1cc([N+](=O)[O-])ccc1N1CCCC[C@@H]12. The van der Waals surface area contributed by atoms with Crippen LogP contribution in [0.15, 0.2) is 18.2 Å². The number of anilines is 1. The summed E-state index contributed by atoms with van der Waals surface area (Å²) in [5, 5.41) is 16.3. The Bertz CT molecular complexity index is 804. The largest absolute Gasteiger partial charge is 0.367 e. The molecule has 0 bridgehead atoms. The zero-order valence-corrected chi connectivity index (χ0v) is 14.1. The number of amides is 2. The van der Waals surface area contributed by atoms with E-state index < -0.39 is 22.2 Å². The second kappa shape index (κ2) is 5.48. The van der Waals surface area contributed by atoms with Gasteiger partial charge in [0.15, 0.2) is 10.5 Å². The van der Waals surface area contributed by atoms with E-state index in [1.165, 1.54) is 12.1 Å². The second-order valence-electron chi connectivity index (χ2n) is 6.66. The molecule has 3 heterocycles. The predicted molar refractivity (Wildman–Crippen MR) is 93.1 cm³/mol. The van der Waals surface area contributed by atoms with E-state index in [0.29, 0.717) is 18.5 Å². The Morgan fingerprint density at radius 1 is 1.24 bits per heavy atom. The molecule has 9 heteroatoms. The van der Waals surface area contributed by atoms with Gasteiger partial charge in [-0.1, -0.05) is 0 Å². The third-order valence-corrected chi connectivity index (χ3v) is 5.59. The lowest BCUT2D eigenvalue weighted by Gasteiger charge is -2.52. The first-order valence-electron chi connectivity index (χ1n) is 8.14. The molecule has 2 N–H and O–H groups in total. The molecule has 25 heavy (non-hydrogen) atoms. The van der Waals surface area contributed by atoms with Gasteiger partial charge in [-0.05, 0) is 43.1 Å². The number of hydrogen-bond donors (Lipinski definition) is 2. The highest BCUT2D eigenvalue weighted by Crippen LogP contribution is 2.47. The summed E-state index contributed by atoms with van der Waals surface area (Å²) in [7, 11) is 0. The molecule has 0 aromatic heterocycles. The highest BCUT2D eigenvalue weighted by Gasteiger charge is 2.59. The van der Waals surface area contributed by atoms with Gasteiger partial charge in [-0.15, -0.1) is 0 Å². The lowest BCUT2D eigenvalue weighted by atomic mass is 9.66. The number of non-ortho nitro benzene ring substituents is 1. The molecule has 0 unspecified atom stereocenters. The van der Waals surface area contributed by atoms with Crippen LogP contribution in [0.1, 0.15) is 24.8 Å². The number of nitrogens with one attached hydrogen (secondary N) is 2. The molecule has 130 valence electrons. The van der Waals surface area contributed by atoms with E-state index in [0.717, 1.165) is 18.5 Å². The van der Waals surface area contributed by atoms with E-state index in [1.807, 2.05) is 0 Å². The van der Waals surface area contributed by atoms with Crippen molar-refractivity contribution in [3.05, 3.63) is 33.9 Å². The Kier molecular flexibility index (Phi) is 3.50. The molecular weight excluding hydrogens is 344 g/mol. The van der Waals surface area contributed by atoms with E-state index in [9.17, 15) is 19.7 Å². The minimum atomic E-state index is -1.31. The van der Waals surface area contributed by atoms with Crippen LogP contribution in [0.3, 0.4) is 0 Å². The monoisotopic (exact) mass is 360 g/mol. The molecule has 3 aliphatic heterocycles. The molecule has 1 aromatic carbocycles. The molecule has 0 aliphatic carbocycles. The molecule has 4 rings (SSSR count). The number of fused-ring (bicyclic) bond motifs is 4. The quantitative estimate of drug-likeness (QED) is 0.335. The molecule has 1 spiro atoms. The van der Waals surface area contributed by atoms with Crippen molar-refractivity contribution in [3.8, 4) is 0 Å². The first kappa shape index (κ1) is 15.9. The smallest absolute Gasteiger partial charge is 0.269 e. The van der Waals surface area contributed by atoms with E-state index in [1.54, 1.807) is 6.07 Å². The topological polar surface area (TPSA) is 105 Å². The third-order valence-electron chi connectivity index (χ3n) is 5.39. The van der Waals surface area contributed by atoms with Gasteiger partial charge in [0.1, 0.15) is 0 Å². The minimum absolute atomic E-state index is 0.00724.